The van der Waals surface area contributed by atoms with Gasteiger partial charge in [-0.25, -0.2) is 0 Å². The zero-order valence-electron chi connectivity index (χ0n) is 15.9. The van der Waals surface area contributed by atoms with Crippen LogP contribution in [-0.2, 0) is 9.59 Å². The lowest BCUT2D eigenvalue weighted by Gasteiger charge is -2.19. The monoisotopic (exact) mass is 403 g/mol. The second-order valence-electron chi connectivity index (χ2n) is 6.19. The predicted molar refractivity (Wildman–Crippen MR) is 109 cm³/mol. The normalized spacial score (nSPS) is 10.1. The van der Waals surface area contributed by atoms with Crippen molar-refractivity contribution in [2.24, 2.45) is 0 Å². The van der Waals surface area contributed by atoms with Crippen LogP contribution < -0.4 is 15.4 Å². The second-order valence-corrected chi connectivity index (χ2v) is 6.63. The van der Waals surface area contributed by atoms with Gasteiger partial charge in [0, 0.05) is 42.9 Å². The van der Waals surface area contributed by atoms with E-state index in [0.717, 1.165) is 0 Å². The fraction of sp³-hybridized carbons (Fsp3) is 0.250. The molecule has 8 heteroatoms. The Labute approximate surface area is 168 Å². The van der Waals surface area contributed by atoms with Crippen LogP contribution in [0.4, 0.5) is 11.4 Å². The largest absolute Gasteiger partial charge is 0.492 e. The van der Waals surface area contributed by atoms with Crippen molar-refractivity contribution in [3.05, 3.63) is 53.1 Å². The number of hydrogen-bond acceptors (Lipinski definition) is 4. The first kappa shape index (κ1) is 21.2. The van der Waals surface area contributed by atoms with Crippen LogP contribution in [0.25, 0.3) is 0 Å². The molecule has 0 atom stereocenters. The summed E-state index contributed by atoms with van der Waals surface area (Å²) in [6, 6.07) is 11.7. The molecule has 7 nitrogen and oxygen atoms in total. The van der Waals surface area contributed by atoms with E-state index in [4.69, 9.17) is 16.3 Å². The van der Waals surface area contributed by atoms with Crippen molar-refractivity contribution >= 4 is 40.7 Å². The maximum absolute atomic E-state index is 12.7. The van der Waals surface area contributed by atoms with Crippen LogP contribution in [0, 0.1) is 0 Å². The Balaban J connectivity index is 2.07. The number of ether oxygens (including phenoxy) is 1. The number of carbonyl (C=O) groups is 3. The number of halogens is 1. The summed E-state index contributed by atoms with van der Waals surface area (Å²) in [4.78, 5) is 36.9. The van der Waals surface area contributed by atoms with Crippen molar-refractivity contribution < 1.29 is 19.1 Å². The molecule has 0 unspecified atom stereocenters. The molecule has 2 aromatic carbocycles. The van der Waals surface area contributed by atoms with Gasteiger partial charge in [-0.15, -0.1) is 0 Å². The smallest absolute Gasteiger partial charge is 0.253 e. The van der Waals surface area contributed by atoms with Crippen LogP contribution in [0.15, 0.2) is 42.5 Å². The molecule has 2 rings (SSSR count). The van der Waals surface area contributed by atoms with E-state index in [1.54, 1.807) is 49.5 Å². The Bertz CT molecular complexity index is 851. The van der Waals surface area contributed by atoms with Crippen molar-refractivity contribution in [2.45, 2.75) is 13.8 Å². The van der Waals surface area contributed by atoms with Crippen LogP contribution in [0.1, 0.15) is 24.2 Å². The number of nitrogens with one attached hydrogen (secondary N) is 2. The number of nitrogens with zero attached hydrogens (tertiary/aromatic N) is 1. The molecule has 0 aliphatic rings. The summed E-state index contributed by atoms with van der Waals surface area (Å²) in [6.45, 7) is 3.36. The van der Waals surface area contributed by atoms with Crippen LogP contribution >= 0.6 is 11.6 Å². The van der Waals surface area contributed by atoms with Crippen LogP contribution in [0.3, 0.4) is 0 Å². The number of rotatable bonds is 7. The molecule has 2 aromatic rings. The van der Waals surface area contributed by atoms with Crippen LogP contribution in [0.5, 0.6) is 5.75 Å². The lowest BCUT2D eigenvalue weighted by molar-refractivity contribution is -0.115. The molecular weight excluding hydrogens is 382 g/mol. The van der Waals surface area contributed by atoms with E-state index >= 15 is 0 Å². The Kier molecular flexibility index (Phi) is 7.40. The maximum Gasteiger partial charge on any atom is 0.253 e. The molecule has 2 N–H and O–H groups in total. The lowest BCUT2D eigenvalue weighted by Crippen LogP contribution is -2.31. The van der Waals surface area contributed by atoms with Gasteiger partial charge in [-0.3, -0.25) is 14.4 Å². The van der Waals surface area contributed by atoms with E-state index in [1.165, 1.54) is 18.7 Å². The molecule has 0 saturated carbocycles. The van der Waals surface area contributed by atoms with Gasteiger partial charge in [0.25, 0.3) is 5.91 Å². The minimum atomic E-state index is -0.276. The number of carbonyl (C=O) groups excluding carboxylic acids is 3. The van der Waals surface area contributed by atoms with E-state index in [9.17, 15) is 14.4 Å². The average molecular weight is 404 g/mol. The van der Waals surface area contributed by atoms with Gasteiger partial charge in [0.2, 0.25) is 11.8 Å². The fourth-order valence-electron chi connectivity index (χ4n) is 2.48. The number of amides is 3. The van der Waals surface area contributed by atoms with Gasteiger partial charge in [0.05, 0.1) is 6.54 Å². The zero-order chi connectivity index (χ0) is 20.7. The minimum absolute atomic E-state index is 0.270. The third-order valence-electron chi connectivity index (χ3n) is 3.66. The molecular formula is C20H22ClN3O4. The van der Waals surface area contributed by atoms with Crippen molar-refractivity contribution in [1.29, 1.82) is 0 Å². The minimum Gasteiger partial charge on any atom is -0.492 e. The summed E-state index contributed by atoms with van der Waals surface area (Å²) in [5.74, 6) is -0.203. The molecule has 28 heavy (non-hydrogen) atoms. The van der Waals surface area contributed by atoms with E-state index < -0.39 is 0 Å². The maximum atomic E-state index is 12.7. The van der Waals surface area contributed by atoms with E-state index in [-0.39, 0.29) is 24.3 Å². The van der Waals surface area contributed by atoms with Gasteiger partial charge in [-0.1, -0.05) is 17.7 Å². The summed E-state index contributed by atoms with van der Waals surface area (Å²) in [6.07, 6.45) is 0. The highest BCUT2D eigenvalue weighted by atomic mass is 35.5. The van der Waals surface area contributed by atoms with Gasteiger partial charge in [0.1, 0.15) is 12.4 Å². The third kappa shape index (κ3) is 6.59. The first-order valence-electron chi connectivity index (χ1n) is 8.58. The first-order valence-corrected chi connectivity index (χ1v) is 8.96. The van der Waals surface area contributed by atoms with Crippen LogP contribution in [0.2, 0.25) is 5.02 Å². The van der Waals surface area contributed by atoms with Gasteiger partial charge < -0.3 is 20.3 Å². The van der Waals surface area contributed by atoms with E-state index in [0.29, 0.717) is 34.3 Å². The summed E-state index contributed by atoms with van der Waals surface area (Å²) in [5.41, 5.74) is 1.18. The SMILES string of the molecule is CC(=O)Nc1cc(NC(C)=O)cc(C(=O)N(C)CCOc2cccc(Cl)c2)c1. The summed E-state index contributed by atoms with van der Waals surface area (Å²) in [5, 5.41) is 5.82. The molecule has 0 aliphatic carbocycles. The van der Waals surface area contributed by atoms with E-state index in [1.807, 2.05) is 0 Å². The zero-order valence-corrected chi connectivity index (χ0v) is 16.7. The Hall–Kier alpha value is -3.06. The number of hydrogen-bond donors (Lipinski definition) is 2. The number of anilines is 2. The molecule has 0 aromatic heterocycles. The highest BCUT2D eigenvalue weighted by molar-refractivity contribution is 6.30. The molecule has 0 saturated heterocycles. The standard InChI is InChI=1S/C20H22ClN3O4/c1-13(25)22-17-9-15(10-18(12-17)23-14(2)26)20(27)24(3)7-8-28-19-6-4-5-16(21)11-19/h4-6,9-12H,7-8H2,1-3H3,(H,22,25)(H,23,26). The first-order chi connectivity index (χ1) is 13.2. The van der Waals surface area contributed by atoms with Crippen molar-refractivity contribution in [2.75, 3.05) is 30.8 Å². The molecule has 0 fully saturated rings. The fourth-order valence-corrected chi connectivity index (χ4v) is 2.66. The molecule has 0 bridgehead atoms. The molecule has 0 aliphatic heterocycles. The molecule has 0 radical (unpaired) electrons. The molecule has 0 heterocycles. The quantitative estimate of drug-likeness (QED) is 0.741. The number of benzene rings is 2. The van der Waals surface area contributed by atoms with Gasteiger partial charge in [-0.2, -0.15) is 0 Å². The Morgan fingerprint density at radius 1 is 1.00 bits per heavy atom. The molecule has 0 spiro atoms. The highest BCUT2D eigenvalue weighted by Gasteiger charge is 2.15. The lowest BCUT2D eigenvalue weighted by atomic mass is 10.1. The Morgan fingerprint density at radius 2 is 1.61 bits per heavy atom. The van der Waals surface area contributed by atoms with Crippen molar-refractivity contribution in [3.63, 3.8) is 0 Å². The van der Waals surface area contributed by atoms with Gasteiger partial charge >= 0.3 is 0 Å². The van der Waals surface area contributed by atoms with Gasteiger partial charge in [-0.05, 0) is 36.4 Å². The van der Waals surface area contributed by atoms with Gasteiger partial charge in [0.15, 0.2) is 0 Å². The summed E-state index contributed by atoms with van der Waals surface area (Å²) >= 11 is 5.91. The van der Waals surface area contributed by atoms with Crippen molar-refractivity contribution in [1.82, 2.24) is 4.90 Å². The number of likely N-dealkylation sites (N-methyl/N-ethyl adjacent to an activating group) is 1. The van der Waals surface area contributed by atoms with Crippen LogP contribution in [-0.4, -0.2) is 42.8 Å². The van der Waals surface area contributed by atoms with E-state index in [2.05, 4.69) is 10.6 Å². The second kappa shape index (κ2) is 9.75. The van der Waals surface area contributed by atoms with Crippen molar-refractivity contribution in [3.8, 4) is 5.75 Å². The third-order valence-corrected chi connectivity index (χ3v) is 3.89. The predicted octanol–water partition coefficient (Wildman–Crippen LogP) is 3.41. The Morgan fingerprint density at radius 3 is 2.14 bits per heavy atom. The molecule has 148 valence electrons. The average Bonchev–Trinajstić information content (AvgIpc) is 2.59. The summed E-state index contributed by atoms with van der Waals surface area (Å²) < 4.78 is 5.60. The summed E-state index contributed by atoms with van der Waals surface area (Å²) in [7, 11) is 1.65. The highest BCUT2D eigenvalue weighted by Crippen LogP contribution is 2.21. The topological polar surface area (TPSA) is 87.7 Å². The molecule has 3 amide bonds.